The van der Waals surface area contributed by atoms with Gasteiger partial charge in [0, 0.05) is 18.3 Å². The fourth-order valence-corrected chi connectivity index (χ4v) is 5.08. The predicted octanol–water partition coefficient (Wildman–Crippen LogP) is 4.04. The standard InChI is InChI=1S/C23H27N7O2S/c1-4-30-21(15-7-5-6-8-16(15)28-30)27-23-26-20(19(12-31)33-23)17-9-10-18(22(25-17)32-3)29-11-14(2)24-13-29/h9-11,13,31H,4-8,12H2,1-3H3,(H,26,27). The van der Waals surface area contributed by atoms with Gasteiger partial charge < -0.3 is 19.7 Å². The van der Waals surface area contributed by atoms with Gasteiger partial charge in [-0.3, -0.25) is 0 Å². The van der Waals surface area contributed by atoms with Gasteiger partial charge in [0.25, 0.3) is 0 Å². The number of aromatic nitrogens is 6. The summed E-state index contributed by atoms with van der Waals surface area (Å²) in [5, 5.41) is 19.0. The van der Waals surface area contributed by atoms with E-state index in [-0.39, 0.29) is 6.61 Å². The highest BCUT2D eigenvalue weighted by Crippen LogP contribution is 2.36. The molecule has 4 aromatic heterocycles. The van der Waals surface area contributed by atoms with Crippen molar-refractivity contribution in [3.63, 3.8) is 0 Å². The lowest BCUT2D eigenvalue weighted by atomic mass is 9.97. The maximum absolute atomic E-state index is 10.0. The van der Waals surface area contributed by atoms with Gasteiger partial charge in [-0.05, 0) is 51.7 Å². The zero-order valence-corrected chi connectivity index (χ0v) is 19.8. The summed E-state index contributed by atoms with van der Waals surface area (Å²) in [6.07, 6.45) is 8.06. The first-order valence-corrected chi connectivity index (χ1v) is 12.0. The molecule has 0 bridgehead atoms. The number of methoxy groups -OCH3 is 1. The van der Waals surface area contributed by atoms with E-state index >= 15 is 0 Å². The normalized spacial score (nSPS) is 13.2. The van der Waals surface area contributed by atoms with Crippen LogP contribution in [0, 0.1) is 6.92 Å². The van der Waals surface area contributed by atoms with Gasteiger partial charge in [0.05, 0.1) is 42.0 Å². The summed E-state index contributed by atoms with van der Waals surface area (Å²) in [4.78, 5) is 14.5. The molecule has 9 nitrogen and oxygen atoms in total. The third kappa shape index (κ3) is 4.00. The number of nitrogens with zero attached hydrogens (tertiary/aromatic N) is 6. The molecule has 2 N–H and O–H groups in total. The van der Waals surface area contributed by atoms with E-state index in [0.717, 1.165) is 41.5 Å². The maximum Gasteiger partial charge on any atom is 0.238 e. The van der Waals surface area contributed by atoms with Crippen LogP contribution in [0.25, 0.3) is 17.1 Å². The van der Waals surface area contributed by atoms with Gasteiger partial charge in [-0.1, -0.05) is 11.3 Å². The molecule has 0 saturated carbocycles. The minimum atomic E-state index is -0.119. The molecule has 5 rings (SSSR count). The number of aliphatic hydroxyl groups excluding tert-OH is 1. The van der Waals surface area contributed by atoms with Gasteiger partial charge in [-0.2, -0.15) is 5.10 Å². The summed E-state index contributed by atoms with van der Waals surface area (Å²) in [5.41, 5.74) is 5.46. The summed E-state index contributed by atoms with van der Waals surface area (Å²) in [6.45, 7) is 4.69. The van der Waals surface area contributed by atoms with Crippen LogP contribution in [0.5, 0.6) is 5.88 Å². The molecule has 0 saturated heterocycles. The lowest BCUT2D eigenvalue weighted by Crippen LogP contribution is -2.05. The number of imidazole rings is 1. The number of aryl methyl sites for hydroxylation is 3. The second-order valence-electron chi connectivity index (χ2n) is 8.02. The Bertz CT molecular complexity index is 1290. The minimum Gasteiger partial charge on any atom is -0.479 e. The number of ether oxygens (including phenoxy) is 1. The van der Waals surface area contributed by atoms with E-state index in [4.69, 9.17) is 14.8 Å². The van der Waals surface area contributed by atoms with E-state index in [1.165, 1.54) is 35.4 Å². The van der Waals surface area contributed by atoms with Crippen molar-refractivity contribution in [3.05, 3.63) is 46.5 Å². The van der Waals surface area contributed by atoms with Gasteiger partial charge in [0.2, 0.25) is 5.88 Å². The first-order valence-electron chi connectivity index (χ1n) is 11.1. The van der Waals surface area contributed by atoms with Crippen molar-refractivity contribution in [2.45, 2.75) is 52.7 Å². The van der Waals surface area contributed by atoms with Gasteiger partial charge in [0.1, 0.15) is 17.2 Å². The van der Waals surface area contributed by atoms with Gasteiger partial charge in [0.15, 0.2) is 5.13 Å². The van der Waals surface area contributed by atoms with E-state index in [1.54, 1.807) is 13.4 Å². The quantitative estimate of drug-likeness (QED) is 0.425. The second kappa shape index (κ2) is 8.95. The minimum absolute atomic E-state index is 0.119. The van der Waals surface area contributed by atoms with Crippen LogP contribution in [0.4, 0.5) is 10.9 Å². The Morgan fingerprint density at radius 3 is 2.79 bits per heavy atom. The van der Waals surface area contributed by atoms with Crippen molar-refractivity contribution in [1.82, 2.24) is 29.3 Å². The Kier molecular flexibility index (Phi) is 5.86. The lowest BCUT2D eigenvalue weighted by molar-refractivity contribution is 0.286. The smallest absolute Gasteiger partial charge is 0.238 e. The summed E-state index contributed by atoms with van der Waals surface area (Å²) in [5.74, 6) is 1.47. The van der Waals surface area contributed by atoms with E-state index in [0.29, 0.717) is 22.4 Å². The van der Waals surface area contributed by atoms with Crippen LogP contribution >= 0.6 is 11.3 Å². The lowest BCUT2D eigenvalue weighted by Gasteiger charge is -2.12. The van der Waals surface area contributed by atoms with Crippen molar-refractivity contribution in [3.8, 4) is 23.0 Å². The van der Waals surface area contributed by atoms with E-state index < -0.39 is 0 Å². The Morgan fingerprint density at radius 1 is 1.21 bits per heavy atom. The van der Waals surface area contributed by atoms with Crippen LogP contribution in [-0.2, 0) is 26.0 Å². The predicted molar refractivity (Wildman–Crippen MR) is 128 cm³/mol. The molecular weight excluding hydrogens is 438 g/mol. The zero-order chi connectivity index (χ0) is 22.9. The molecule has 4 aromatic rings. The van der Waals surface area contributed by atoms with Gasteiger partial charge in [-0.25, -0.2) is 19.6 Å². The topological polar surface area (TPSA) is 103 Å². The van der Waals surface area contributed by atoms with Crippen molar-refractivity contribution in [1.29, 1.82) is 0 Å². The first-order chi connectivity index (χ1) is 16.1. The Balaban J connectivity index is 1.50. The Labute approximate surface area is 196 Å². The number of fused-ring (bicyclic) bond motifs is 1. The zero-order valence-electron chi connectivity index (χ0n) is 19.0. The fourth-order valence-electron chi connectivity index (χ4n) is 4.25. The molecule has 0 fully saturated rings. The molecule has 33 heavy (non-hydrogen) atoms. The maximum atomic E-state index is 10.0. The number of aliphatic hydroxyl groups is 1. The van der Waals surface area contributed by atoms with Crippen molar-refractivity contribution in [2.24, 2.45) is 0 Å². The summed E-state index contributed by atoms with van der Waals surface area (Å²) in [6, 6.07) is 3.82. The molecule has 0 aromatic carbocycles. The third-order valence-corrected chi connectivity index (χ3v) is 6.81. The molecule has 0 spiro atoms. The SMILES string of the molecule is CCn1nc2c(c1Nc1nc(-c3ccc(-n4cnc(C)c4)c(OC)n3)c(CO)s1)CCCC2. The fraction of sp³-hybridized carbons (Fsp3) is 0.391. The molecule has 1 aliphatic carbocycles. The summed E-state index contributed by atoms with van der Waals surface area (Å²) in [7, 11) is 1.59. The molecule has 0 unspecified atom stereocenters. The first kappa shape index (κ1) is 21.6. The molecule has 4 heterocycles. The third-order valence-electron chi connectivity index (χ3n) is 5.86. The number of pyridine rings is 1. The number of rotatable bonds is 7. The van der Waals surface area contributed by atoms with Crippen LogP contribution in [0.1, 0.15) is 41.6 Å². The summed E-state index contributed by atoms with van der Waals surface area (Å²) >= 11 is 1.43. The van der Waals surface area contributed by atoms with E-state index in [1.807, 2.05) is 34.5 Å². The highest BCUT2D eigenvalue weighted by Gasteiger charge is 2.22. The number of nitrogens with one attached hydrogen (secondary N) is 1. The molecule has 0 atom stereocenters. The van der Waals surface area contributed by atoms with Crippen LogP contribution in [0.2, 0.25) is 0 Å². The van der Waals surface area contributed by atoms with Gasteiger partial charge in [-0.15, -0.1) is 0 Å². The van der Waals surface area contributed by atoms with Crippen LogP contribution < -0.4 is 10.1 Å². The van der Waals surface area contributed by atoms with Crippen LogP contribution in [0.3, 0.4) is 0 Å². The Morgan fingerprint density at radius 2 is 2.06 bits per heavy atom. The Hall–Kier alpha value is -3.24. The van der Waals surface area contributed by atoms with E-state index in [2.05, 4.69) is 22.2 Å². The van der Waals surface area contributed by atoms with Gasteiger partial charge >= 0.3 is 0 Å². The van der Waals surface area contributed by atoms with Crippen LogP contribution in [-0.4, -0.2) is 41.5 Å². The summed E-state index contributed by atoms with van der Waals surface area (Å²) < 4.78 is 9.44. The second-order valence-corrected chi connectivity index (χ2v) is 9.10. The monoisotopic (exact) mass is 465 g/mol. The van der Waals surface area contributed by atoms with Crippen LogP contribution in [0.15, 0.2) is 24.7 Å². The molecular formula is C23H27N7O2S. The average Bonchev–Trinajstić information content (AvgIpc) is 3.55. The highest BCUT2D eigenvalue weighted by molar-refractivity contribution is 7.16. The van der Waals surface area contributed by atoms with Crippen molar-refractivity contribution < 1.29 is 9.84 Å². The highest BCUT2D eigenvalue weighted by atomic mass is 32.1. The molecule has 0 radical (unpaired) electrons. The number of thiazole rings is 1. The van der Waals surface area contributed by atoms with Crippen molar-refractivity contribution in [2.75, 3.05) is 12.4 Å². The number of hydrogen-bond donors (Lipinski definition) is 2. The number of hydrogen-bond acceptors (Lipinski definition) is 8. The molecule has 1 aliphatic rings. The largest absolute Gasteiger partial charge is 0.479 e. The van der Waals surface area contributed by atoms with Crippen molar-refractivity contribution >= 4 is 22.3 Å². The average molecular weight is 466 g/mol. The molecule has 0 aliphatic heterocycles. The molecule has 10 heteroatoms. The molecule has 172 valence electrons. The molecule has 0 amide bonds. The van der Waals surface area contributed by atoms with E-state index in [9.17, 15) is 5.11 Å². The number of anilines is 2.